The minimum Gasteiger partial charge on any atom is -0.466 e. The number of aryl methyl sites for hydroxylation is 1. The molecule has 3 nitrogen and oxygen atoms in total. The van der Waals surface area contributed by atoms with Gasteiger partial charge in [-0.2, -0.15) is 0 Å². The molecule has 1 aliphatic carbocycles. The standard InChI is InChI=1S/C12H20N2O/c1-10-2-5-12(15-10)6-7-13-8-9-14-11-3-4-11/h2,5,11,13-14H,3-4,6-9H2,1H3. The van der Waals surface area contributed by atoms with E-state index in [4.69, 9.17) is 4.42 Å². The van der Waals surface area contributed by atoms with Gasteiger partial charge in [-0.05, 0) is 31.9 Å². The van der Waals surface area contributed by atoms with Gasteiger partial charge in [-0.25, -0.2) is 0 Å². The zero-order chi connectivity index (χ0) is 10.5. The molecule has 0 saturated heterocycles. The van der Waals surface area contributed by atoms with Gasteiger partial charge in [0, 0.05) is 32.1 Å². The van der Waals surface area contributed by atoms with E-state index in [9.17, 15) is 0 Å². The summed E-state index contributed by atoms with van der Waals surface area (Å²) >= 11 is 0. The fraction of sp³-hybridized carbons (Fsp3) is 0.667. The van der Waals surface area contributed by atoms with Crippen LogP contribution < -0.4 is 10.6 Å². The SMILES string of the molecule is Cc1ccc(CCNCCNC2CC2)o1. The van der Waals surface area contributed by atoms with E-state index in [0.717, 1.165) is 43.6 Å². The monoisotopic (exact) mass is 208 g/mol. The fourth-order valence-electron chi connectivity index (χ4n) is 1.61. The van der Waals surface area contributed by atoms with E-state index < -0.39 is 0 Å². The van der Waals surface area contributed by atoms with Crippen molar-refractivity contribution < 1.29 is 4.42 Å². The molecule has 3 heteroatoms. The normalized spacial score (nSPS) is 15.8. The van der Waals surface area contributed by atoms with Gasteiger partial charge in [-0.3, -0.25) is 0 Å². The Morgan fingerprint density at radius 3 is 2.80 bits per heavy atom. The molecule has 1 aromatic rings. The lowest BCUT2D eigenvalue weighted by atomic mass is 10.3. The van der Waals surface area contributed by atoms with Crippen LogP contribution in [0.2, 0.25) is 0 Å². The van der Waals surface area contributed by atoms with Gasteiger partial charge in [0.15, 0.2) is 0 Å². The lowest BCUT2D eigenvalue weighted by Gasteiger charge is -2.04. The second-order valence-electron chi connectivity index (χ2n) is 4.24. The van der Waals surface area contributed by atoms with E-state index >= 15 is 0 Å². The first-order valence-electron chi connectivity index (χ1n) is 5.84. The van der Waals surface area contributed by atoms with Crippen LogP contribution in [0.1, 0.15) is 24.4 Å². The fourth-order valence-corrected chi connectivity index (χ4v) is 1.61. The number of furan rings is 1. The molecular weight excluding hydrogens is 188 g/mol. The maximum absolute atomic E-state index is 5.48. The third-order valence-electron chi connectivity index (χ3n) is 2.66. The Balaban J connectivity index is 1.47. The zero-order valence-electron chi connectivity index (χ0n) is 9.38. The van der Waals surface area contributed by atoms with Crippen molar-refractivity contribution in [1.82, 2.24) is 10.6 Å². The molecule has 1 heterocycles. The number of rotatable bonds is 7. The Kier molecular flexibility index (Phi) is 3.80. The van der Waals surface area contributed by atoms with Gasteiger partial charge in [-0.1, -0.05) is 0 Å². The van der Waals surface area contributed by atoms with Crippen molar-refractivity contribution in [2.75, 3.05) is 19.6 Å². The van der Waals surface area contributed by atoms with Crippen LogP contribution in [0.15, 0.2) is 16.5 Å². The molecule has 1 aromatic heterocycles. The van der Waals surface area contributed by atoms with E-state index in [2.05, 4.69) is 16.7 Å². The van der Waals surface area contributed by atoms with E-state index in [1.165, 1.54) is 12.8 Å². The lowest BCUT2D eigenvalue weighted by Crippen LogP contribution is -2.29. The summed E-state index contributed by atoms with van der Waals surface area (Å²) in [5, 5.41) is 6.88. The first-order valence-corrected chi connectivity index (χ1v) is 5.84. The molecule has 0 bridgehead atoms. The van der Waals surface area contributed by atoms with Gasteiger partial charge in [0.1, 0.15) is 11.5 Å². The van der Waals surface area contributed by atoms with Crippen molar-refractivity contribution in [3.8, 4) is 0 Å². The predicted molar refractivity (Wildman–Crippen MR) is 61.0 cm³/mol. The minimum absolute atomic E-state index is 0.819. The molecule has 0 unspecified atom stereocenters. The summed E-state index contributed by atoms with van der Waals surface area (Å²) in [6, 6.07) is 4.89. The molecule has 2 N–H and O–H groups in total. The van der Waals surface area contributed by atoms with Gasteiger partial charge in [0.2, 0.25) is 0 Å². The summed E-state index contributed by atoms with van der Waals surface area (Å²) in [5.41, 5.74) is 0. The van der Waals surface area contributed by atoms with Crippen molar-refractivity contribution >= 4 is 0 Å². The van der Waals surface area contributed by atoms with Crippen LogP contribution in [-0.2, 0) is 6.42 Å². The van der Waals surface area contributed by atoms with Crippen molar-refractivity contribution in [3.05, 3.63) is 23.7 Å². The van der Waals surface area contributed by atoms with Crippen LogP contribution in [-0.4, -0.2) is 25.7 Å². The topological polar surface area (TPSA) is 37.2 Å². The number of hydrogen-bond acceptors (Lipinski definition) is 3. The molecule has 1 saturated carbocycles. The largest absolute Gasteiger partial charge is 0.466 e. The highest BCUT2D eigenvalue weighted by molar-refractivity contribution is 5.05. The first-order chi connectivity index (χ1) is 7.34. The predicted octanol–water partition coefficient (Wildman–Crippen LogP) is 1.47. The Bertz CT molecular complexity index is 292. The smallest absolute Gasteiger partial charge is 0.105 e. The number of hydrogen-bond donors (Lipinski definition) is 2. The minimum atomic E-state index is 0.819. The summed E-state index contributed by atoms with van der Waals surface area (Å²) in [7, 11) is 0. The van der Waals surface area contributed by atoms with Crippen molar-refractivity contribution in [1.29, 1.82) is 0 Å². The molecule has 0 radical (unpaired) electrons. The van der Waals surface area contributed by atoms with E-state index in [0.29, 0.717) is 0 Å². The molecule has 0 aliphatic heterocycles. The van der Waals surface area contributed by atoms with Gasteiger partial charge in [-0.15, -0.1) is 0 Å². The van der Waals surface area contributed by atoms with E-state index in [1.54, 1.807) is 0 Å². The molecule has 0 spiro atoms. The highest BCUT2D eigenvalue weighted by Crippen LogP contribution is 2.17. The molecule has 1 aliphatic rings. The Hall–Kier alpha value is -0.800. The van der Waals surface area contributed by atoms with Gasteiger partial charge >= 0.3 is 0 Å². The summed E-state index contributed by atoms with van der Waals surface area (Å²) in [6.45, 7) is 5.12. The Labute approximate surface area is 91.2 Å². The molecular formula is C12H20N2O. The second-order valence-corrected chi connectivity index (χ2v) is 4.24. The average Bonchev–Trinajstić information content (AvgIpc) is 2.95. The first kappa shape index (κ1) is 10.7. The van der Waals surface area contributed by atoms with Crippen LogP contribution >= 0.6 is 0 Å². The van der Waals surface area contributed by atoms with Crippen LogP contribution in [0.5, 0.6) is 0 Å². The summed E-state index contributed by atoms with van der Waals surface area (Å²) in [6.07, 6.45) is 3.72. The highest BCUT2D eigenvalue weighted by Gasteiger charge is 2.19. The van der Waals surface area contributed by atoms with Crippen LogP contribution in [0.3, 0.4) is 0 Å². The molecule has 0 atom stereocenters. The third kappa shape index (κ3) is 4.06. The van der Waals surface area contributed by atoms with Crippen molar-refractivity contribution in [2.24, 2.45) is 0 Å². The maximum Gasteiger partial charge on any atom is 0.105 e. The summed E-state index contributed by atoms with van der Waals surface area (Å²) < 4.78 is 5.48. The van der Waals surface area contributed by atoms with Gasteiger partial charge < -0.3 is 15.1 Å². The Morgan fingerprint density at radius 2 is 2.13 bits per heavy atom. The summed E-state index contributed by atoms with van der Waals surface area (Å²) in [4.78, 5) is 0. The quantitative estimate of drug-likeness (QED) is 0.666. The van der Waals surface area contributed by atoms with Gasteiger partial charge in [0.25, 0.3) is 0 Å². The van der Waals surface area contributed by atoms with Crippen LogP contribution in [0.25, 0.3) is 0 Å². The Morgan fingerprint density at radius 1 is 1.27 bits per heavy atom. The highest BCUT2D eigenvalue weighted by atomic mass is 16.3. The molecule has 15 heavy (non-hydrogen) atoms. The maximum atomic E-state index is 5.48. The third-order valence-corrected chi connectivity index (χ3v) is 2.66. The van der Waals surface area contributed by atoms with Crippen LogP contribution in [0.4, 0.5) is 0 Å². The summed E-state index contributed by atoms with van der Waals surface area (Å²) in [5.74, 6) is 2.08. The number of nitrogens with one attached hydrogen (secondary N) is 2. The molecule has 2 rings (SSSR count). The van der Waals surface area contributed by atoms with E-state index in [1.807, 2.05) is 13.0 Å². The molecule has 1 fully saturated rings. The lowest BCUT2D eigenvalue weighted by molar-refractivity contribution is 0.474. The second kappa shape index (κ2) is 5.33. The molecule has 0 aromatic carbocycles. The van der Waals surface area contributed by atoms with E-state index in [-0.39, 0.29) is 0 Å². The zero-order valence-corrected chi connectivity index (χ0v) is 9.38. The molecule has 84 valence electrons. The van der Waals surface area contributed by atoms with Gasteiger partial charge in [0.05, 0.1) is 0 Å². The van der Waals surface area contributed by atoms with Crippen LogP contribution in [0, 0.1) is 6.92 Å². The average molecular weight is 208 g/mol. The van der Waals surface area contributed by atoms with Crippen molar-refractivity contribution in [2.45, 2.75) is 32.2 Å². The van der Waals surface area contributed by atoms with Crippen molar-refractivity contribution in [3.63, 3.8) is 0 Å². The molecule has 0 amide bonds.